The quantitative estimate of drug-likeness (QED) is 0.820. The minimum atomic E-state index is -0.201. The second-order valence-corrected chi connectivity index (χ2v) is 5.21. The monoisotopic (exact) mass is 262 g/mol. The summed E-state index contributed by atoms with van der Waals surface area (Å²) in [4.78, 5) is 11.9. The van der Waals surface area contributed by atoms with Crippen LogP contribution >= 0.6 is 0 Å². The number of amides is 1. The minimum Gasteiger partial charge on any atom is -0.378 e. The van der Waals surface area contributed by atoms with Gasteiger partial charge >= 0.3 is 0 Å². The molecular formula is C15H22N2O2. The van der Waals surface area contributed by atoms with E-state index in [9.17, 15) is 4.79 Å². The number of nitrogens with one attached hydrogen (secondary N) is 1. The standard InChI is InChI=1S/C15H22N2O2/c1-19-15(7-2-8-15)9-14(18)17-11-13-5-3-12(10-16)4-6-13/h3-6H,2,7-11,16H2,1H3,(H,17,18). The van der Waals surface area contributed by atoms with E-state index in [-0.39, 0.29) is 11.5 Å². The van der Waals surface area contributed by atoms with E-state index in [1.165, 1.54) is 0 Å². The first-order valence-electron chi connectivity index (χ1n) is 6.77. The van der Waals surface area contributed by atoms with Gasteiger partial charge in [0.25, 0.3) is 0 Å². The van der Waals surface area contributed by atoms with Crippen LogP contribution in [-0.2, 0) is 22.6 Å². The number of rotatable bonds is 6. The summed E-state index contributed by atoms with van der Waals surface area (Å²) in [5.41, 5.74) is 7.53. The van der Waals surface area contributed by atoms with E-state index in [0.717, 1.165) is 30.4 Å². The first-order chi connectivity index (χ1) is 9.17. The van der Waals surface area contributed by atoms with Crippen molar-refractivity contribution < 1.29 is 9.53 Å². The van der Waals surface area contributed by atoms with Gasteiger partial charge in [0.2, 0.25) is 5.91 Å². The van der Waals surface area contributed by atoms with Crippen molar-refractivity contribution in [2.24, 2.45) is 5.73 Å². The summed E-state index contributed by atoms with van der Waals surface area (Å²) in [7, 11) is 1.69. The zero-order valence-corrected chi connectivity index (χ0v) is 11.4. The van der Waals surface area contributed by atoms with Crippen molar-refractivity contribution in [3.05, 3.63) is 35.4 Å². The molecule has 1 aliphatic rings. The molecule has 0 spiro atoms. The highest BCUT2D eigenvalue weighted by molar-refractivity contribution is 5.77. The molecule has 104 valence electrons. The van der Waals surface area contributed by atoms with Crippen molar-refractivity contribution in [1.82, 2.24) is 5.32 Å². The molecule has 1 saturated carbocycles. The van der Waals surface area contributed by atoms with E-state index in [1.807, 2.05) is 24.3 Å². The molecule has 2 rings (SSSR count). The van der Waals surface area contributed by atoms with Crippen molar-refractivity contribution in [2.75, 3.05) is 7.11 Å². The summed E-state index contributed by atoms with van der Waals surface area (Å²) < 4.78 is 5.45. The highest BCUT2D eigenvalue weighted by Crippen LogP contribution is 2.37. The highest BCUT2D eigenvalue weighted by atomic mass is 16.5. The van der Waals surface area contributed by atoms with E-state index in [0.29, 0.717) is 19.5 Å². The summed E-state index contributed by atoms with van der Waals surface area (Å²) in [6.07, 6.45) is 3.59. The van der Waals surface area contributed by atoms with Crippen LogP contribution in [0.3, 0.4) is 0 Å². The molecule has 4 nitrogen and oxygen atoms in total. The van der Waals surface area contributed by atoms with Gasteiger partial charge < -0.3 is 15.8 Å². The molecule has 0 radical (unpaired) electrons. The second kappa shape index (κ2) is 6.17. The number of hydrogen-bond acceptors (Lipinski definition) is 3. The van der Waals surface area contributed by atoms with Gasteiger partial charge in [-0.25, -0.2) is 0 Å². The summed E-state index contributed by atoms with van der Waals surface area (Å²) in [5, 5.41) is 2.94. The van der Waals surface area contributed by atoms with Gasteiger partial charge in [0.15, 0.2) is 0 Å². The minimum absolute atomic E-state index is 0.0597. The Bertz CT molecular complexity index is 419. The molecule has 0 unspecified atom stereocenters. The molecule has 1 amide bonds. The van der Waals surface area contributed by atoms with E-state index in [2.05, 4.69) is 5.32 Å². The van der Waals surface area contributed by atoms with Crippen LogP contribution in [0.5, 0.6) is 0 Å². The Morgan fingerprint density at radius 1 is 1.32 bits per heavy atom. The maximum Gasteiger partial charge on any atom is 0.223 e. The fraction of sp³-hybridized carbons (Fsp3) is 0.533. The zero-order valence-electron chi connectivity index (χ0n) is 11.4. The lowest BCUT2D eigenvalue weighted by Crippen LogP contribution is -2.43. The van der Waals surface area contributed by atoms with E-state index in [1.54, 1.807) is 7.11 Å². The lowest BCUT2D eigenvalue weighted by molar-refractivity contribution is -0.134. The number of carbonyl (C=O) groups excluding carboxylic acids is 1. The number of nitrogens with two attached hydrogens (primary N) is 1. The third kappa shape index (κ3) is 3.55. The number of methoxy groups -OCH3 is 1. The van der Waals surface area contributed by atoms with Gasteiger partial charge in [-0.1, -0.05) is 24.3 Å². The molecular weight excluding hydrogens is 240 g/mol. The van der Waals surface area contributed by atoms with Crippen LogP contribution in [0.15, 0.2) is 24.3 Å². The molecule has 1 aliphatic carbocycles. The average Bonchev–Trinajstić information content (AvgIpc) is 2.41. The molecule has 4 heteroatoms. The average molecular weight is 262 g/mol. The third-order valence-electron chi connectivity index (χ3n) is 3.93. The van der Waals surface area contributed by atoms with E-state index in [4.69, 9.17) is 10.5 Å². The summed E-state index contributed by atoms with van der Waals surface area (Å²) in [6, 6.07) is 7.98. The number of carbonyl (C=O) groups is 1. The fourth-order valence-electron chi connectivity index (χ4n) is 2.37. The first kappa shape index (κ1) is 14.0. The Morgan fingerprint density at radius 3 is 2.42 bits per heavy atom. The largest absolute Gasteiger partial charge is 0.378 e. The molecule has 0 bridgehead atoms. The number of hydrogen-bond donors (Lipinski definition) is 2. The number of benzene rings is 1. The normalized spacial score (nSPS) is 16.7. The van der Waals surface area contributed by atoms with Crippen LogP contribution in [0.4, 0.5) is 0 Å². The summed E-state index contributed by atoms with van der Waals surface area (Å²) in [5.74, 6) is 0.0597. The summed E-state index contributed by atoms with van der Waals surface area (Å²) in [6.45, 7) is 1.10. The topological polar surface area (TPSA) is 64.3 Å². The van der Waals surface area contributed by atoms with Crippen LogP contribution in [0.2, 0.25) is 0 Å². The molecule has 0 aromatic heterocycles. The highest BCUT2D eigenvalue weighted by Gasteiger charge is 2.38. The Labute approximate surface area is 114 Å². The van der Waals surface area contributed by atoms with Crippen molar-refractivity contribution in [1.29, 1.82) is 0 Å². The lowest BCUT2D eigenvalue weighted by atomic mass is 9.77. The molecule has 0 aliphatic heterocycles. The summed E-state index contributed by atoms with van der Waals surface area (Å²) >= 11 is 0. The van der Waals surface area contributed by atoms with Crippen molar-refractivity contribution in [3.8, 4) is 0 Å². The molecule has 3 N–H and O–H groups in total. The maximum absolute atomic E-state index is 11.9. The SMILES string of the molecule is COC1(CC(=O)NCc2ccc(CN)cc2)CCC1. The molecule has 1 aromatic rings. The Morgan fingerprint density at radius 2 is 1.95 bits per heavy atom. The Hall–Kier alpha value is -1.39. The predicted molar refractivity (Wildman–Crippen MR) is 74.4 cm³/mol. The van der Waals surface area contributed by atoms with Crippen molar-refractivity contribution >= 4 is 5.91 Å². The van der Waals surface area contributed by atoms with Crippen molar-refractivity contribution in [3.63, 3.8) is 0 Å². The fourth-order valence-corrected chi connectivity index (χ4v) is 2.37. The van der Waals surface area contributed by atoms with Crippen LogP contribution < -0.4 is 11.1 Å². The van der Waals surface area contributed by atoms with Crippen molar-refractivity contribution in [2.45, 2.75) is 44.4 Å². The molecule has 0 heterocycles. The van der Waals surface area contributed by atoms with E-state index < -0.39 is 0 Å². The first-order valence-corrected chi connectivity index (χ1v) is 6.77. The van der Waals surface area contributed by atoms with Gasteiger partial charge in [-0.3, -0.25) is 4.79 Å². The predicted octanol–water partition coefficient (Wildman–Crippen LogP) is 1.72. The number of ether oxygens (including phenoxy) is 1. The van der Waals surface area contributed by atoms with Crippen LogP contribution in [0, 0.1) is 0 Å². The van der Waals surface area contributed by atoms with Gasteiger partial charge in [-0.2, -0.15) is 0 Å². The second-order valence-electron chi connectivity index (χ2n) is 5.21. The Balaban J connectivity index is 1.79. The molecule has 0 atom stereocenters. The molecule has 1 fully saturated rings. The third-order valence-corrected chi connectivity index (χ3v) is 3.93. The molecule has 1 aromatic carbocycles. The van der Waals surface area contributed by atoms with Gasteiger partial charge in [-0.05, 0) is 30.4 Å². The van der Waals surface area contributed by atoms with Gasteiger partial charge in [0, 0.05) is 20.2 Å². The zero-order chi connectivity index (χ0) is 13.7. The molecule has 19 heavy (non-hydrogen) atoms. The van der Waals surface area contributed by atoms with Gasteiger partial charge in [0.05, 0.1) is 12.0 Å². The molecule has 0 saturated heterocycles. The van der Waals surface area contributed by atoms with Gasteiger partial charge in [0.1, 0.15) is 0 Å². The lowest BCUT2D eigenvalue weighted by Gasteiger charge is -2.39. The van der Waals surface area contributed by atoms with Gasteiger partial charge in [-0.15, -0.1) is 0 Å². The van der Waals surface area contributed by atoms with Crippen LogP contribution in [0.25, 0.3) is 0 Å². The Kier molecular flexibility index (Phi) is 4.56. The van der Waals surface area contributed by atoms with Crippen LogP contribution in [0.1, 0.15) is 36.8 Å². The maximum atomic E-state index is 11.9. The van der Waals surface area contributed by atoms with E-state index >= 15 is 0 Å². The smallest absolute Gasteiger partial charge is 0.223 e. The van der Waals surface area contributed by atoms with Crippen LogP contribution in [-0.4, -0.2) is 18.6 Å².